The summed E-state index contributed by atoms with van der Waals surface area (Å²) in [6, 6.07) is 0. The number of amides is 1. The topological polar surface area (TPSA) is 94.3 Å². The molecule has 0 aliphatic carbocycles. The summed E-state index contributed by atoms with van der Waals surface area (Å²) in [4.78, 5) is 31.4. The molecule has 1 N–H and O–H groups in total. The van der Waals surface area contributed by atoms with Gasteiger partial charge in [-0.1, -0.05) is 32.1 Å². The van der Waals surface area contributed by atoms with E-state index in [2.05, 4.69) is 36.1 Å². The van der Waals surface area contributed by atoms with Crippen LogP contribution in [-0.2, 0) is 25.5 Å². The summed E-state index contributed by atoms with van der Waals surface area (Å²) in [6.07, 6.45) is 3.11. The van der Waals surface area contributed by atoms with Gasteiger partial charge < -0.3 is 14.5 Å². The van der Waals surface area contributed by atoms with E-state index in [0.717, 1.165) is 9.97 Å². The molecule has 2 aromatic rings. The Hall–Kier alpha value is -1.87. The van der Waals surface area contributed by atoms with Crippen molar-refractivity contribution < 1.29 is 18.7 Å². The van der Waals surface area contributed by atoms with E-state index in [0.29, 0.717) is 16.8 Å². The van der Waals surface area contributed by atoms with Crippen LogP contribution in [0.2, 0.25) is 0 Å². The molecule has 136 valence electrons. The number of nitrogens with zero attached hydrogens (tertiary/aromatic N) is 2. The zero-order valence-corrected chi connectivity index (χ0v) is 16.3. The number of esters is 1. The van der Waals surface area contributed by atoms with Gasteiger partial charge >= 0.3 is 5.97 Å². The number of thioether (sulfide) groups is 1. The lowest BCUT2D eigenvalue weighted by molar-refractivity contribution is -0.145. The summed E-state index contributed by atoms with van der Waals surface area (Å²) in [5, 5.41) is 3.03. The molecule has 25 heavy (non-hydrogen) atoms. The zero-order valence-electron chi connectivity index (χ0n) is 14.6. The first kappa shape index (κ1) is 19.5. The molecule has 0 saturated carbocycles. The molecular weight excluding hydrogens is 362 g/mol. The number of thiazole rings is 1. The average molecular weight is 383 g/mol. The third-order valence-electron chi connectivity index (χ3n) is 2.97. The fourth-order valence-corrected chi connectivity index (χ4v) is 3.49. The number of nitrogens with one attached hydrogen (secondary N) is 1. The zero-order chi connectivity index (χ0) is 18.4. The number of aromatic nitrogens is 2. The van der Waals surface area contributed by atoms with Crippen LogP contribution < -0.4 is 5.32 Å². The summed E-state index contributed by atoms with van der Waals surface area (Å²) in [5.74, 6) is 1.08. The molecule has 2 rings (SSSR count). The van der Waals surface area contributed by atoms with Crippen LogP contribution in [0.3, 0.4) is 0 Å². The van der Waals surface area contributed by atoms with Crippen molar-refractivity contribution in [2.45, 2.75) is 49.5 Å². The van der Waals surface area contributed by atoms with Crippen LogP contribution in [0.25, 0.3) is 0 Å². The number of ether oxygens (including phenoxy) is 1. The molecule has 0 saturated heterocycles. The summed E-state index contributed by atoms with van der Waals surface area (Å²) < 4.78 is 11.4. The van der Waals surface area contributed by atoms with Crippen molar-refractivity contribution >= 4 is 40.1 Å². The molecule has 2 heterocycles. The van der Waals surface area contributed by atoms with E-state index in [1.807, 2.05) is 0 Å². The Morgan fingerprint density at radius 3 is 2.72 bits per heavy atom. The van der Waals surface area contributed by atoms with Crippen LogP contribution in [0.15, 0.2) is 21.0 Å². The standard InChI is InChI=1S/C16H21N3O4S2/c1-5-22-13(21)6-11(20)19-15-18-8-14(25-15)24-9-12-17-7-10(23-12)16(2,3)4/h7-8H,5-6,9H2,1-4H3,(H,18,19,20). The van der Waals surface area contributed by atoms with Crippen LogP contribution in [0.1, 0.15) is 45.8 Å². The maximum atomic E-state index is 11.7. The minimum Gasteiger partial charge on any atom is -0.466 e. The number of hydrogen-bond acceptors (Lipinski definition) is 8. The average Bonchev–Trinajstić information content (AvgIpc) is 3.13. The highest BCUT2D eigenvalue weighted by atomic mass is 32.2. The smallest absolute Gasteiger partial charge is 0.315 e. The van der Waals surface area contributed by atoms with Crippen molar-refractivity contribution in [2.75, 3.05) is 11.9 Å². The molecular formula is C16H21N3O4S2. The van der Waals surface area contributed by atoms with E-state index in [4.69, 9.17) is 9.15 Å². The number of oxazole rings is 1. The molecule has 2 aromatic heterocycles. The number of rotatable bonds is 7. The molecule has 1 amide bonds. The van der Waals surface area contributed by atoms with Crippen LogP contribution >= 0.6 is 23.1 Å². The van der Waals surface area contributed by atoms with Crippen molar-refractivity contribution in [2.24, 2.45) is 0 Å². The summed E-state index contributed by atoms with van der Waals surface area (Å²) >= 11 is 2.86. The Morgan fingerprint density at radius 2 is 2.08 bits per heavy atom. The Bertz CT molecular complexity index is 734. The van der Waals surface area contributed by atoms with E-state index < -0.39 is 11.9 Å². The molecule has 0 aliphatic heterocycles. The first-order valence-corrected chi connectivity index (χ1v) is 9.57. The minimum atomic E-state index is -0.551. The van der Waals surface area contributed by atoms with Gasteiger partial charge in [-0.2, -0.15) is 0 Å². The molecule has 0 aliphatic rings. The van der Waals surface area contributed by atoms with E-state index in [1.165, 1.54) is 23.1 Å². The Kier molecular flexibility index (Phi) is 6.60. The fourth-order valence-electron chi connectivity index (χ4n) is 1.75. The lowest BCUT2D eigenvalue weighted by Gasteiger charge is -2.12. The van der Waals surface area contributed by atoms with Crippen LogP contribution in [-0.4, -0.2) is 28.5 Å². The predicted octanol–water partition coefficient (Wildman–Crippen LogP) is 3.61. The third-order valence-corrected chi connectivity index (χ3v) is 5.06. The lowest BCUT2D eigenvalue weighted by atomic mass is 9.94. The highest BCUT2D eigenvalue weighted by molar-refractivity contribution is 8.00. The van der Waals surface area contributed by atoms with Crippen molar-refractivity contribution in [3.8, 4) is 0 Å². The Morgan fingerprint density at radius 1 is 1.32 bits per heavy atom. The molecule has 0 bridgehead atoms. The van der Waals surface area contributed by atoms with Gasteiger partial charge in [0.2, 0.25) is 11.8 Å². The van der Waals surface area contributed by atoms with Gasteiger partial charge in [0.15, 0.2) is 5.13 Å². The van der Waals surface area contributed by atoms with Gasteiger partial charge in [-0.3, -0.25) is 9.59 Å². The van der Waals surface area contributed by atoms with Crippen molar-refractivity contribution in [3.05, 3.63) is 24.0 Å². The molecule has 7 nitrogen and oxygen atoms in total. The highest BCUT2D eigenvalue weighted by Gasteiger charge is 2.19. The van der Waals surface area contributed by atoms with Gasteiger partial charge in [0.05, 0.1) is 29.0 Å². The Balaban J connectivity index is 1.84. The molecule has 0 aromatic carbocycles. The van der Waals surface area contributed by atoms with Gasteiger partial charge in [0, 0.05) is 5.41 Å². The normalized spacial score (nSPS) is 11.4. The quantitative estimate of drug-likeness (QED) is 0.443. The van der Waals surface area contributed by atoms with Gasteiger partial charge in [-0.05, 0) is 6.92 Å². The number of carbonyl (C=O) groups excluding carboxylic acids is 2. The van der Waals surface area contributed by atoms with Gasteiger partial charge in [0.25, 0.3) is 0 Å². The summed E-state index contributed by atoms with van der Waals surface area (Å²) in [6.45, 7) is 8.15. The fraction of sp³-hybridized carbons (Fsp3) is 0.500. The first-order valence-electron chi connectivity index (χ1n) is 7.77. The second-order valence-corrected chi connectivity index (χ2v) is 8.48. The van der Waals surface area contributed by atoms with Crippen LogP contribution in [0.4, 0.5) is 5.13 Å². The van der Waals surface area contributed by atoms with Gasteiger partial charge in [-0.15, -0.1) is 11.8 Å². The lowest BCUT2D eigenvalue weighted by Crippen LogP contribution is -2.17. The number of carbonyl (C=O) groups is 2. The van der Waals surface area contributed by atoms with E-state index in [1.54, 1.807) is 19.3 Å². The first-order chi connectivity index (χ1) is 11.8. The molecule has 0 spiro atoms. The SMILES string of the molecule is CCOC(=O)CC(=O)Nc1ncc(SCc2ncc(C(C)(C)C)o2)s1. The van der Waals surface area contributed by atoms with Crippen LogP contribution in [0, 0.1) is 0 Å². The monoisotopic (exact) mass is 383 g/mol. The molecule has 0 radical (unpaired) electrons. The minimum absolute atomic E-state index is 0.0726. The molecule has 0 atom stereocenters. The van der Waals surface area contributed by atoms with Crippen molar-refractivity contribution in [1.82, 2.24) is 9.97 Å². The van der Waals surface area contributed by atoms with Gasteiger partial charge in [-0.25, -0.2) is 9.97 Å². The second kappa shape index (κ2) is 8.48. The maximum Gasteiger partial charge on any atom is 0.315 e. The van der Waals surface area contributed by atoms with Crippen LogP contribution in [0.5, 0.6) is 0 Å². The molecule has 9 heteroatoms. The van der Waals surface area contributed by atoms with Crippen molar-refractivity contribution in [3.63, 3.8) is 0 Å². The largest absolute Gasteiger partial charge is 0.466 e. The third kappa shape index (κ3) is 6.17. The Labute approximate surface area is 154 Å². The van der Waals surface area contributed by atoms with E-state index in [9.17, 15) is 9.59 Å². The number of hydrogen-bond donors (Lipinski definition) is 1. The van der Waals surface area contributed by atoms with E-state index in [-0.39, 0.29) is 18.4 Å². The van der Waals surface area contributed by atoms with Crippen molar-refractivity contribution in [1.29, 1.82) is 0 Å². The molecule has 0 unspecified atom stereocenters. The highest BCUT2D eigenvalue weighted by Crippen LogP contribution is 2.31. The van der Waals surface area contributed by atoms with E-state index >= 15 is 0 Å². The molecule has 0 fully saturated rings. The van der Waals surface area contributed by atoms with Gasteiger partial charge in [0.1, 0.15) is 12.2 Å². The summed E-state index contributed by atoms with van der Waals surface area (Å²) in [7, 11) is 0. The number of anilines is 1. The second-order valence-electron chi connectivity index (χ2n) is 6.17. The maximum absolute atomic E-state index is 11.7. The summed E-state index contributed by atoms with van der Waals surface area (Å²) in [5.41, 5.74) is -0.0726. The predicted molar refractivity (Wildman–Crippen MR) is 96.8 cm³/mol.